The molecule has 1 N–H and O–H groups in total. The van der Waals surface area contributed by atoms with E-state index in [9.17, 15) is 4.79 Å². The van der Waals surface area contributed by atoms with Crippen molar-refractivity contribution in [1.29, 1.82) is 0 Å². The first-order valence-corrected chi connectivity index (χ1v) is 9.65. The summed E-state index contributed by atoms with van der Waals surface area (Å²) in [5.41, 5.74) is 2.40. The number of rotatable bonds is 6. The largest absolute Gasteiger partial charge is 0.489 e. The quantitative estimate of drug-likeness (QED) is 0.696. The second-order valence-corrected chi connectivity index (χ2v) is 6.75. The van der Waals surface area contributed by atoms with Gasteiger partial charge in [0.15, 0.2) is 0 Å². The monoisotopic (exact) mass is 389 g/mol. The fourth-order valence-corrected chi connectivity index (χ4v) is 3.10. The predicted molar refractivity (Wildman–Crippen MR) is 112 cm³/mol. The van der Waals surface area contributed by atoms with Gasteiger partial charge in [-0.1, -0.05) is 30.3 Å². The maximum absolute atomic E-state index is 12.6. The number of ether oxygens (including phenoxy) is 2. The van der Waals surface area contributed by atoms with E-state index in [1.807, 2.05) is 60.7 Å². The Morgan fingerprint density at radius 3 is 2.55 bits per heavy atom. The van der Waals surface area contributed by atoms with Crippen molar-refractivity contribution in [2.45, 2.75) is 6.61 Å². The number of nitrogens with zero attached hydrogens (tertiary/aromatic N) is 2. The minimum absolute atomic E-state index is 0.167. The highest BCUT2D eigenvalue weighted by molar-refractivity contribution is 6.04. The van der Waals surface area contributed by atoms with Crippen LogP contribution >= 0.6 is 0 Å². The van der Waals surface area contributed by atoms with Crippen LogP contribution in [0.5, 0.6) is 5.75 Å². The molecule has 1 saturated heterocycles. The molecule has 0 radical (unpaired) electrons. The Kier molecular flexibility index (Phi) is 6.02. The van der Waals surface area contributed by atoms with Gasteiger partial charge in [-0.15, -0.1) is 0 Å². The Morgan fingerprint density at radius 2 is 1.79 bits per heavy atom. The van der Waals surface area contributed by atoms with Gasteiger partial charge in [-0.3, -0.25) is 4.79 Å². The normalized spacial score (nSPS) is 13.7. The molecule has 0 aliphatic carbocycles. The second kappa shape index (κ2) is 9.21. The molecule has 148 valence electrons. The topological polar surface area (TPSA) is 63.7 Å². The van der Waals surface area contributed by atoms with Crippen molar-refractivity contribution in [3.05, 3.63) is 84.1 Å². The van der Waals surface area contributed by atoms with Gasteiger partial charge in [0.2, 0.25) is 0 Å². The summed E-state index contributed by atoms with van der Waals surface area (Å²) in [7, 11) is 0. The fraction of sp³-hybridized carbons (Fsp3) is 0.217. The summed E-state index contributed by atoms with van der Waals surface area (Å²) in [6, 6.07) is 20.9. The zero-order chi connectivity index (χ0) is 19.9. The van der Waals surface area contributed by atoms with Gasteiger partial charge in [0.25, 0.3) is 5.91 Å². The zero-order valence-corrected chi connectivity index (χ0v) is 16.1. The molecule has 0 spiro atoms. The average molecular weight is 389 g/mol. The highest BCUT2D eigenvalue weighted by atomic mass is 16.5. The van der Waals surface area contributed by atoms with E-state index in [-0.39, 0.29) is 5.91 Å². The van der Waals surface area contributed by atoms with Gasteiger partial charge in [0.05, 0.1) is 13.2 Å². The van der Waals surface area contributed by atoms with E-state index < -0.39 is 0 Å². The Hall–Kier alpha value is -3.38. The third kappa shape index (κ3) is 5.12. The number of aromatic nitrogens is 1. The SMILES string of the molecule is O=C(Nc1ccc(OCc2ccccc2)cc1)c1ccnc(N2CCOCC2)c1. The second-order valence-electron chi connectivity index (χ2n) is 6.75. The standard InChI is InChI=1S/C23H23N3O3/c27-23(19-10-11-24-22(16-19)26-12-14-28-15-13-26)25-20-6-8-21(9-7-20)29-17-18-4-2-1-3-5-18/h1-11,16H,12-15,17H2,(H,25,27). The van der Waals surface area contributed by atoms with Crippen LogP contribution in [0.4, 0.5) is 11.5 Å². The first-order chi connectivity index (χ1) is 14.3. The fourth-order valence-electron chi connectivity index (χ4n) is 3.10. The number of hydrogen-bond acceptors (Lipinski definition) is 5. The maximum Gasteiger partial charge on any atom is 0.255 e. The lowest BCUT2D eigenvalue weighted by Crippen LogP contribution is -2.36. The van der Waals surface area contributed by atoms with Crippen LogP contribution in [-0.4, -0.2) is 37.2 Å². The van der Waals surface area contributed by atoms with Gasteiger partial charge in [0.1, 0.15) is 18.2 Å². The van der Waals surface area contributed by atoms with Crippen LogP contribution in [-0.2, 0) is 11.3 Å². The van der Waals surface area contributed by atoms with Gasteiger partial charge < -0.3 is 19.7 Å². The molecule has 2 heterocycles. The van der Waals surface area contributed by atoms with Crippen molar-refractivity contribution in [3.8, 4) is 5.75 Å². The lowest BCUT2D eigenvalue weighted by atomic mass is 10.2. The third-order valence-electron chi connectivity index (χ3n) is 4.70. The van der Waals surface area contributed by atoms with E-state index in [1.165, 1.54) is 0 Å². The molecule has 4 rings (SSSR count). The lowest BCUT2D eigenvalue weighted by molar-refractivity contribution is 0.102. The van der Waals surface area contributed by atoms with Crippen molar-refractivity contribution < 1.29 is 14.3 Å². The number of pyridine rings is 1. The molecule has 6 heteroatoms. The van der Waals surface area contributed by atoms with E-state index in [0.717, 1.165) is 30.2 Å². The lowest BCUT2D eigenvalue weighted by Gasteiger charge is -2.27. The van der Waals surface area contributed by atoms with Crippen LogP contribution in [0.1, 0.15) is 15.9 Å². The number of morpholine rings is 1. The van der Waals surface area contributed by atoms with E-state index >= 15 is 0 Å². The third-order valence-corrected chi connectivity index (χ3v) is 4.70. The Bertz CT molecular complexity index is 939. The van der Waals surface area contributed by atoms with Crippen LogP contribution < -0.4 is 15.0 Å². The molecule has 0 atom stereocenters. The summed E-state index contributed by atoms with van der Waals surface area (Å²) < 4.78 is 11.2. The molecule has 0 unspecified atom stereocenters. The molecule has 1 aliphatic rings. The van der Waals surface area contributed by atoms with Crippen LogP contribution in [0.3, 0.4) is 0 Å². The van der Waals surface area contributed by atoms with E-state index in [4.69, 9.17) is 9.47 Å². The number of anilines is 2. The van der Waals surface area contributed by atoms with Gasteiger partial charge in [-0.2, -0.15) is 0 Å². The molecule has 2 aromatic carbocycles. The molecule has 1 aromatic heterocycles. The van der Waals surface area contributed by atoms with Gasteiger partial charge in [-0.25, -0.2) is 4.98 Å². The highest BCUT2D eigenvalue weighted by Gasteiger charge is 2.14. The summed E-state index contributed by atoms with van der Waals surface area (Å²) >= 11 is 0. The number of carbonyl (C=O) groups is 1. The van der Waals surface area contributed by atoms with E-state index in [0.29, 0.717) is 31.1 Å². The predicted octanol–water partition coefficient (Wildman–Crippen LogP) is 3.75. The minimum Gasteiger partial charge on any atom is -0.489 e. The van der Waals surface area contributed by atoms with Crippen LogP contribution in [0.15, 0.2) is 72.9 Å². The summed E-state index contributed by atoms with van der Waals surface area (Å²) in [5.74, 6) is 1.39. The van der Waals surface area contributed by atoms with Crippen molar-refractivity contribution in [1.82, 2.24) is 4.98 Å². The molecular weight excluding hydrogens is 366 g/mol. The zero-order valence-electron chi connectivity index (χ0n) is 16.1. The molecule has 0 bridgehead atoms. The van der Waals surface area contributed by atoms with Crippen LogP contribution in [0.25, 0.3) is 0 Å². The summed E-state index contributed by atoms with van der Waals surface area (Å²) in [5, 5.41) is 2.92. The van der Waals surface area contributed by atoms with Crippen molar-refractivity contribution >= 4 is 17.4 Å². The van der Waals surface area contributed by atoms with Crippen LogP contribution in [0, 0.1) is 0 Å². The van der Waals surface area contributed by atoms with Crippen molar-refractivity contribution in [2.24, 2.45) is 0 Å². The first kappa shape index (κ1) is 19.0. The van der Waals surface area contributed by atoms with Crippen molar-refractivity contribution in [2.75, 3.05) is 36.5 Å². The summed E-state index contributed by atoms with van der Waals surface area (Å²) in [6.45, 7) is 3.42. The Labute approximate surface area is 170 Å². The molecule has 1 aliphatic heterocycles. The van der Waals surface area contributed by atoms with Crippen LogP contribution in [0.2, 0.25) is 0 Å². The number of benzene rings is 2. The summed E-state index contributed by atoms with van der Waals surface area (Å²) in [6.07, 6.45) is 1.67. The number of hydrogen-bond donors (Lipinski definition) is 1. The van der Waals surface area contributed by atoms with E-state index in [1.54, 1.807) is 12.3 Å². The molecule has 6 nitrogen and oxygen atoms in total. The number of carbonyl (C=O) groups excluding carboxylic acids is 1. The number of amides is 1. The molecule has 1 amide bonds. The van der Waals surface area contributed by atoms with Gasteiger partial charge >= 0.3 is 0 Å². The van der Waals surface area contributed by atoms with Gasteiger partial charge in [0, 0.05) is 30.5 Å². The average Bonchev–Trinajstić information content (AvgIpc) is 2.80. The molecule has 29 heavy (non-hydrogen) atoms. The van der Waals surface area contributed by atoms with E-state index in [2.05, 4.69) is 15.2 Å². The molecular formula is C23H23N3O3. The Morgan fingerprint density at radius 1 is 1.03 bits per heavy atom. The number of nitrogens with one attached hydrogen (secondary N) is 1. The Balaban J connectivity index is 1.35. The molecule has 1 fully saturated rings. The maximum atomic E-state index is 12.6. The van der Waals surface area contributed by atoms with Crippen molar-refractivity contribution in [3.63, 3.8) is 0 Å². The summed E-state index contributed by atoms with van der Waals surface area (Å²) in [4.78, 5) is 19.1. The smallest absolute Gasteiger partial charge is 0.255 e. The molecule has 0 saturated carbocycles. The minimum atomic E-state index is -0.167. The molecule has 3 aromatic rings. The highest BCUT2D eigenvalue weighted by Crippen LogP contribution is 2.19. The first-order valence-electron chi connectivity index (χ1n) is 9.65. The van der Waals surface area contributed by atoms with Gasteiger partial charge in [-0.05, 0) is 42.0 Å².